The Balaban J connectivity index is 1.95. The van der Waals surface area contributed by atoms with E-state index in [-0.39, 0.29) is 29.1 Å². The van der Waals surface area contributed by atoms with Gasteiger partial charge in [0.1, 0.15) is 0 Å². The minimum absolute atomic E-state index is 0.0247. The third-order valence-electron chi connectivity index (χ3n) is 5.13. The number of aryl methyl sites for hydroxylation is 1. The predicted molar refractivity (Wildman–Crippen MR) is 82.1 cm³/mol. The number of carbonyl (C=O) groups is 2. The first kappa shape index (κ1) is 15.5. The molecule has 1 saturated carbocycles. The van der Waals surface area contributed by atoms with E-state index in [2.05, 4.69) is 33.0 Å². The lowest BCUT2D eigenvalue weighted by Gasteiger charge is -2.07. The van der Waals surface area contributed by atoms with Crippen LogP contribution in [0, 0.1) is 16.7 Å². The minimum Gasteiger partial charge on any atom is -0.481 e. The molecule has 0 aromatic heterocycles. The molecule has 0 radical (unpaired) electrons. The summed E-state index contributed by atoms with van der Waals surface area (Å²) in [5.74, 6) is -0.717. The molecule has 2 rings (SSSR count). The highest BCUT2D eigenvalue weighted by Crippen LogP contribution is 2.68. The van der Waals surface area contributed by atoms with Crippen molar-refractivity contribution in [2.75, 3.05) is 5.32 Å². The van der Waals surface area contributed by atoms with E-state index in [4.69, 9.17) is 5.11 Å². The Hall–Kier alpha value is -1.84. The van der Waals surface area contributed by atoms with Crippen LogP contribution >= 0.6 is 0 Å². The molecule has 21 heavy (non-hydrogen) atoms. The number of aliphatic carboxylic acids is 1. The molecule has 0 aliphatic heterocycles. The van der Waals surface area contributed by atoms with Gasteiger partial charge in [-0.25, -0.2) is 0 Å². The van der Waals surface area contributed by atoms with Crippen molar-refractivity contribution in [1.29, 1.82) is 0 Å². The number of carboxylic acid groups (broad SMARTS) is 1. The van der Waals surface area contributed by atoms with E-state index in [1.165, 1.54) is 0 Å². The molecule has 1 aliphatic carbocycles. The molecule has 2 N–H and O–H groups in total. The molecule has 0 heterocycles. The Bertz CT molecular complexity index is 544. The van der Waals surface area contributed by atoms with Crippen molar-refractivity contribution >= 4 is 17.6 Å². The third kappa shape index (κ3) is 2.94. The minimum atomic E-state index is -0.800. The highest BCUT2D eigenvalue weighted by Gasteiger charge is 2.68. The number of carboxylic acids is 1. The number of anilines is 1. The summed E-state index contributed by atoms with van der Waals surface area (Å²) in [6.07, 6.45) is 0.627. The molecule has 0 atom stereocenters. The number of rotatable bonds is 5. The number of benzene rings is 1. The summed E-state index contributed by atoms with van der Waals surface area (Å²) in [6.45, 7) is 8.47. The number of nitrogens with one attached hydrogen (secondary N) is 1. The van der Waals surface area contributed by atoms with Crippen molar-refractivity contribution in [3.63, 3.8) is 0 Å². The monoisotopic (exact) mass is 289 g/mol. The van der Waals surface area contributed by atoms with Crippen molar-refractivity contribution in [2.24, 2.45) is 16.7 Å². The van der Waals surface area contributed by atoms with Crippen LogP contribution < -0.4 is 5.32 Å². The Morgan fingerprint density at radius 2 is 1.62 bits per heavy atom. The van der Waals surface area contributed by atoms with Crippen LogP contribution in [-0.2, 0) is 16.0 Å². The van der Waals surface area contributed by atoms with Gasteiger partial charge in [-0.2, -0.15) is 0 Å². The normalized spacial score (nSPS) is 19.0. The van der Waals surface area contributed by atoms with Crippen LogP contribution in [0.15, 0.2) is 24.3 Å². The van der Waals surface area contributed by atoms with Gasteiger partial charge in [-0.3, -0.25) is 9.59 Å². The van der Waals surface area contributed by atoms with Crippen LogP contribution in [0.25, 0.3) is 0 Å². The van der Waals surface area contributed by atoms with Gasteiger partial charge in [-0.1, -0.05) is 39.8 Å². The van der Waals surface area contributed by atoms with Gasteiger partial charge in [0.05, 0.1) is 0 Å². The second-order valence-corrected chi connectivity index (χ2v) is 6.96. The zero-order valence-electron chi connectivity index (χ0n) is 13.1. The van der Waals surface area contributed by atoms with Crippen LogP contribution in [0.5, 0.6) is 0 Å². The zero-order chi connectivity index (χ0) is 15.8. The molecular weight excluding hydrogens is 266 g/mol. The van der Waals surface area contributed by atoms with Gasteiger partial charge in [0.25, 0.3) is 0 Å². The SMILES string of the molecule is CC1(C)C(C(=O)Nc2ccc(CCC(=O)O)cc2)C1(C)C. The summed E-state index contributed by atoms with van der Waals surface area (Å²) in [7, 11) is 0. The van der Waals surface area contributed by atoms with Gasteiger partial charge >= 0.3 is 5.97 Å². The summed E-state index contributed by atoms with van der Waals surface area (Å²) in [5, 5.41) is 11.6. The van der Waals surface area contributed by atoms with Crippen LogP contribution in [-0.4, -0.2) is 17.0 Å². The molecule has 0 spiro atoms. The summed E-state index contributed by atoms with van der Waals surface area (Å²) in [4.78, 5) is 22.8. The number of carbonyl (C=O) groups excluding carboxylic acids is 1. The largest absolute Gasteiger partial charge is 0.481 e. The van der Waals surface area contributed by atoms with Crippen molar-refractivity contribution < 1.29 is 14.7 Å². The molecule has 1 amide bonds. The first-order valence-corrected chi connectivity index (χ1v) is 7.28. The van der Waals surface area contributed by atoms with Crippen molar-refractivity contribution in [3.8, 4) is 0 Å². The highest BCUT2D eigenvalue weighted by atomic mass is 16.4. The van der Waals surface area contributed by atoms with E-state index in [1.54, 1.807) is 0 Å². The molecular formula is C17H23NO3. The van der Waals surface area contributed by atoms with E-state index in [0.717, 1.165) is 11.3 Å². The topological polar surface area (TPSA) is 66.4 Å². The third-order valence-corrected chi connectivity index (χ3v) is 5.13. The van der Waals surface area contributed by atoms with E-state index in [1.807, 2.05) is 24.3 Å². The standard InChI is InChI=1S/C17H23NO3/c1-16(2)14(17(16,3)4)15(21)18-12-8-5-11(6-9-12)7-10-13(19)20/h5-6,8-9,14H,7,10H2,1-4H3,(H,18,21)(H,19,20). The lowest BCUT2D eigenvalue weighted by molar-refractivity contribution is -0.137. The maximum Gasteiger partial charge on any atom is 0.303 e. The van der Waals surface area contributed by atoms with Gasteiger partial charge in [-0.15, -0.1) is 0 Å². The maximum atomic E-state index is 12.3. The second-order valence-electron chi connectivity index (χ2n) is 6.96. The van der Waals surface area contributed by atoms with Crippen LogP contribution in [0.3, 0.4) is 0 Å². The molecule has 114 valence electrons. The molecule has 4 nitrogen and oxygen atoms in total. The number of hydrogen-bond donors (Lipinski definition) is 2. The Morgan fingerprint density at radius 3 is 2.05 bits per heavy atom. The van der Waals surface area contributed by atoms with Crippen LogP contribution in [0.4, 0.5) is 5.69 Å². The fourth-order valence-corrected chi connectivity index (χ4v) is 3.07. The molecule has 4 heteroatoms. The van der Waals surface area contributed by atoms with Crippen molar-refractivity contribution in [2.45, 2.75) is 40.5 Å². The van der Waals surface area contributed by atoms with E-state index in [0.29, 0.717) is 6.42 Å². The van der Waals surface area contributed by atoms with Gasteiger partial charge in [0.2, 0.25) is 5.91 Å². The molecule has 1 aromatic rings. The van der Waals surface area contributed by atoms with Crippen LogP contribution in [0.1, 0.15) is 39.7 Å². The van der Waals surface area contributed by atoms with E-state index >= 15 is 0 Å². The average molecular weight is 289 g/mol. The Kier molecular flexibility index (Phi) is 3.83. The lowest BCUT2D eigenvalue weighted by Crippen LogP contribution is -2.17. The van der Waals surface area contributed by atoms with Gasteiger partial charge in [0, 0.05) is 18.0 Å². The zero-order valence-corrected chi connectivity index (χ0v) is 13.1. The number of hydrogen-bond acceptors (Lipinski definition) is 2. The number of amides is 1. The first-order chi connectivity index (χ1) is 9.66. The average Bonchev–Trinajstić information content (AvgIpc) is 2.78. The van der Waals surface area contributed by atoms with Gasteiger partial charge in [0.15, 0.2) is 0 Å². The smallest absolute Gasteiger partial charge is 0.303 e. The molecule has 1 fully saturated rings. The van der Waals surface area contributed by atoms with Gasteiger partial charge < -0.3 is 10.4 Å². The molecule has 0 bridgehead atoms. The Morgan fingerprint density at radius 1 is 1.10 bits per heavy atom. The maximum absolute atomic E-state index is 12.3. The Labute approximate surface area is 125 Å². The fourth-order valence-electron chi connectivity index (χ4n) is 3.07. The summed E-state index contributed by atoms with van der Waals surface area (Å²) in [5.41, 5.74) is 1.77. The highest BCUT2D eigenvalue weighted by molar-refractivity contribution is 5.96. The summed E-state index contributed by atoms with van der Waals surface area (Å²) in [6, 6.07) is 7.39. The van der Waals surface area contributed by atoms with Crippen LogP contribution in [0.2, 0.25) is 0 Å². The van der Waals surface area contributed by atoms with Gasteiger partial charge in [-0.05, 0) is 34.9 Å². The predicted octanol–water partition coefficient (Wildman–Crippen LogP) is 3.32. The first-order valence-electron chi connectivity index (χ1n) is 7.28. The summed E-state index contributed by atoms with van der Waals surface area (Å²) >= 11 is 0. The lowest BCUT2D eigenvalue weighted by atomic mass is 10.0. The molecule has 1 aromatic carbocycles. The van der Waals surface area contributed by atoms with E-state index in [9.17, 15) is 9.59 Å². The fraction of sp³-hybridized carbons (Fsp3) is 0.529. The quantitative estimate of drug-likeness (QED) is 0.873. The molecule has 1 aliphatic rings. The molecule has 0 unspecified atom stereocenters. The second kappa shape index (κ2) is 5.17. The van der Waals surface area contributed by atoms with Crippen molar-refractivity contribution in [1.82, 2.24) is 0 Å². The van der Waals surface area contributed by atoms with E-state index < -0.39 is 5.97 Å². The molecule has 0 saturated heterocycles. The summed E-state index contributed by atoms with van der Waals surface area (Å²) < 4.78 is 0. The van der Waals surface area contributed by atoms with Crippen molar-refractivity contribution in [3.05, 3.63) is 29.8 Å².